The van der Waals surface area contributed by atoms with Gasteiger partial charge in [0.05, 0.1) is 6.04 Å². The number of H-pyrrole nitrogens is 1. The summed E-state index contributed by atoms with van der Waals surface area (Å²) >= 11 is 0. The zero-order valence-electron chi connectivity index (χ0n) is 18.1. The number of amides is 3. The first-order valence-corrected chi connectivity index (χ1v) is 11.0. The zero-order chi connectivity index (χ0) is 23.2. The Balaban J connectivity index is 1.49. The van der Waals surface area contributed by atoms with E-state index in [-0.39, 0.29) is 23.6 Å². The number of benzene rings is 2. The maximum absolute atomic E-state index is 13.2. The average molecular weight is 443 g/mol. The van der Waals surface area contributed by atoms with Crippen molar-refractivity contribution in [1.82, 2.24) is 20.9 Å². The Labute approximate surface area is 192 Å². The van der Waals surface area contributed by atoms with Crippen molar-refractivity contribution >= 4 is 28.6 Å². The van der Waals surface area contributed by atoms with Crippen molar-refractivity contribution in [2.75, 3.05) is 6.54 Å². The predicted molar refractivity (Wildman–Crippen MR) is 126 cm³/mol. The molecule has 7 heteroatoms. The first-order chi connectivity index (χ1) is 16.0. The van der Waals surface area contributed by atoms with Crippen LogP contribution in [-0.2, 0) is 16.0 Å². The molecular formula is C26H26N4O3. The summed E-state index contributed by atoms with van der Waals surface area (Å²) in [6, 6.07) is 17.4. The van der Waals surface area contributed by atoms with Crippen LogP contribution in [0.15, 0.2) is 60.7 Å². The van der Waals surface area contributed by atoms with Gasteiger partial charge in [0, 0.05) is 29.8 Å². The highest BCUT2D eigenvalue weighted by Crippen LogP contribution is 2.17. The Kier molecular flexibility index (Phi) is 6.75. The molecular weight excluding hydrogens is 416 g/mol. The van der Waals surface area contributed by atoms with Gasteiger partial charge in [0.2, 0.25) is 11.8 Å². The molecule has 0 bridgehead atoms. The van der Waals surface area contributed by atoms with Crippen LogP contribution in [0.3, 0.4) is 0 Å². The van der Waals surface area contributed by atoms with E-state index >= 15 is 0 Å². The SMILES string of the molecule is C#C[C@H](C[C@@H]1CCNC1=O)NC(=O)[C@H](Cc1ccccc1)NC(=O)c1cc2ccccc2[nH]1. The number of carbonyl (C=O) groups is 3. The van der Waals surface area contributed by atoms with E-state index in [1.165, 1.54) is 0 Å². The molecule has 1 aromatic heterocycles. The minimum atomic E-state index is -0.834. The minimum Gasteiger partial charge on any atom is -0.356 e. The summed E-state index contributed by atoms with van der Waals surface area (Å²) in [5.41, 5.74) is 2.12. The van der Waals surface area contributed by atoms with Crippen LogP contribution in [0.2, 0.25) is 0 Å². The molecule has 4 N–H and O–H groups in total. The highest BCUT2D eigenvalue weighted by Gasteiger charge is 2.29. The number of hydrogen-bond acceptors (Lipinski definition) is 3. The summed E-state index contributed by atoms with van der Waals surface area (Å²) < 4.78 is 0. The summed E-state index contributed by atoms with van der Waals surface area (Å²) in [5, 5.41) is 9.38. The molecule has 1 aliphatic rings. The van der Waals surface area contributed by atoms with E-state index in [1.807, 2.05) is 54.6 Å². The molecule has 0 saturated carbocycles. The van der Waals surface area contributed by atoms with Crippen LogP contribution >= 0.6 is 0 Å². The van der Waals surface area contributed by atoms with Gasteiger partial charge in [0.25, 0.3) is 5.91 Å². The number of fused-ring (bicyclic) bond motifs is 1. The van der Waals surface area contributed by atoms with Crippen molar-refractivity contribution in [2.45, 2.75) is 31.3 Å². The maximum atomic E-state index is 13.2. The second-order valence-electron chi connectivity index (χ2n) is 8.23. The fourth-order valence-corrected chi connectivity index (χ4v) is 4.09. The maximum Gasteiger partial charge on any atom is 0.268 e. The van der Waals surface area contributed by atoms with Crippen LogP contribution in [0.4, 0.5) is 0 Å². The quantitative estimate of drug-likeness (QED) is 0.402. The van der Waals surface area contributed by atoms with Crippen molar-refractivity contribution in [1.29, 1.82) is 0 Å². The summed E-state index contributed by atoms with van der Waals surface area (Å²) in [6.45, 7) is 0.617. The van der Waals surface area contributed by atoms with Crippen LogP contribution < -0.4 is 16.0 Å². The Hall–Kier alpha value is -4.05. The molecule has 2 aromatic carbocycles. The molecule has 1 saturated heterocycles. The molecule has 168 valence electrons. The molecule has 3 amide bonds. The van der Waals surface area contributed by atoms with Gasteiger partial charge in [0.1, 0.15) is 11.7 Å². The number of aromatic nitrogens is 1. The lowest BCUT2D eigenvalue weighted by Gasteiger charge is -2.22. The summed E-state index contributed by atoms with van der Waals surface area (Å²) in [5.74, 6) is 1.54. The molecule has 1 aliphatic heterocycles. The predicted octanol–water partition coefficient (Wildman–Crippen LogP) is 2.15. The highest BCUT2D eigenvalue weighted by atomic mass is 16.2. The summed E-state index contributed by atoms with van der Waals surface area (Å²) in [7, 11) is 0. The monoisotopic (exact) mass is 442 g/mol. The molecule has 33 heavy (non-hydrogen) atoms. The smallest absolute Gasteiger partial charge is 0.268 e. The molecule has 1 fully saturated rings. The Morgan fingerprint density at radius 1 is 1.09 bits per heavy atom. The van der Waals surface area contributed by atoms with Crippen molar-refractivity contribution in [2.24, 2.45) is 5.92 Å². The summed E-state index contributed by atoms with van der Waals surface area (Å²) in [6.07, 6.45) is 7.00. The van der Waals surface area contributed by atoms with Crippen molar-refractivity contribution in [3.8, 4) is 12.3 Å². The number of hydrogen-bond donors (Lipinski definition) is 4. The van der Waals surface area contributed by atoms with Crippen molar-refractivity contribution < 1.29 is 14.4 Å². The van der Waals surface area contributed by atoms with Crippen LogP contribution in [0, 0.1) is 18.3 Å². The van der Waals surface area contributed by atoms with E-state index in [1.54, 1.807) is 6.07 Å². The van der Waals surface area contributed by atoms with Crippen LogP contribution in [0.5, 0.6) is 0 Å². The lowest BCUT2D eigenvalue weighted by Crippen LogP contribution is -2.51. The van der Waals surface area contributed by atoms with Crippen molar-refractivity contribution in [3.63, 3.8) is 0 Å². The Bertz CT molecular complexity index is 1160. The molecule has 3 aromatic rings. The van der Waals surface area contributed by atoms with Gasteiger partial charge in [0.15, 0.2) is 0 Å². The number of carbonyl (C=O) groups excluding carboxylic acids is 3. The molecule has 0 radical (unpaired) electrons. The van der Waals surface area contributed by atoms with E-state index in [4.69, 9.17) is 6.42 Å². The van der Waals surface area contributed by atoms with E-state index in [0.717, 1.165) is 16.5 Å². The molecule has 0 unspecified atom stereocenters. The molecule has 2 heterocycles. The minimum absolute atomic E-state index is 0.0440. The molecule has 4 rings (SSSR count). The number of rotatable bonds is 8. The van der Waals surface area contributed by atoms with Crippen molar-refractivity contribution in [3.05, 3.63) is 71.9 Å². The largest absolute Gasteiger partial charge is 0.356 e. The zero-order valence-corrected chi connectivity index (χ0v) is 18.1. The molecule has 0 spiro atoms. The van der Waals surface area contributed by atoms with Gasteiger partial charge in [-0.2, -0.15) is 0 Å². The fourth-order valence-electron chi connectivity index (χ4n) is 4.09. The van der Waals surface area contributed by atoms with Crippen LogP contribution in [0.25, 0.3) is 10.9 Å². The van der Waals surface area contributed by atoms with Gasteiger partial charge < -0.3 is 20.9 Å². The third kappa shape index (κ3) is 5.42. The van der Waals surface area contributed by atoms with E-state index in [2.05, 4.69) is 26.9 Å². The van der Waals surface area contributed by atoms with Crippen LogP contribution in [0.1, 0.15) is 28.9 Å². The average Bonchev–Trinajstić information content (AvgIpc) is 3.44. The Morgan fingerprint density at radius 3 is 2.55 bits per heavy atom. The topological polar surface area (TPSA) is 103 Å². The number of aromatic amines is 1. The van der Waals surface area contributed by atoms with E-state index in [0.29, 0.717) is 31.5 Å². The van der Waals surface area contributed by atoms with Gasteiger partial charge in [-0.3, -0.25) is 14.4 Å². The second kappa shape index (κ2) is 10.0. The first kappa shape index (κ1) is 22.2. The lowest BCUT2D eigenvalue weighted by atomic mass is 9.98. The van der Waals surface area contributed by atoms with E-state index in [9.17, 15) is 14.4 Å². The molecule has 0 aliphatic carbocycles. The standard InChI is InChI=1S/C26H26N4O3/c1-2-20(15-19-12-13-27-24(19)31)28-25(32)22(14-17-8-4-3-5-9-17)30-26(33)23-16-18-10-6-7-11-21(18)29-23/h1,3-11,16,19-20,22,29H,12-15H2,(H,27,31)(H,28,32)(H,30,33)/t19-,20+,22-/m0/s1. The van der Waals surface area contributed by atoms with Gasteiger partial charge in [-0.25, -0.2) is 0 Å². The highest BCUT2D eigenvalue weighted by molar-refractivity contribution is 6.00. The van der Waals surface area contributed by atoms with Gasteiger partial charge in [-0.05, 0) is 30.5 Å². The molecule has 3 atom stereocenters. The first-order valence-electron chi connectivity index (χ1n) is 11.0. The number of nitrogens with one attached hydrogen (secondary N) is 4. The fraction of sp³-hybridized carbons (Fsp3) is 0.269. The summed E-state index contributed by atoms with van der Waals surface area (Å²) in [4.78, 5) is 41.2. The third-order valence-electron chi connectivity index (χ3n) is 5.88. The number of terminal acetylenes is 1. The van der Waals surface area contributed by atoms with E-state index < -0.39 is 12.1 Å². The van der Waals surface area contributed by atoms with Crippen LogP contribution in [-0.4, -0.2) is 41.3 Å². The van der Waals surface area contributed by atoms with Gasteiger partial charge in [-0.15, -0.1) is 6.42 Å². The Morgan fingerprint density at radius 2 is 1.85 bits per heavy atom. The lowest BCUT2D eigenvalue weighted by molar-refractivity contribution is -0.125. The number of para-hydroxylation sites is 1. The third-order valence-corrected chi connectivity index (χ3v) is 5.88. The van der Waals surface area contributed by atoms with Gasteiger partial charge in [-0.1, -0.05) is 54.5 Å². The van der Waals surface area contributed by atoms with Gasteiger partial charge >= 0.3 is 0 Å². The second-order valence-corrected chi connectivity index (χ2v) is 8.23. The molecule has 7 nitrogen and oxygen atoms in total. The normalized spacial score (nSPS) is 17.1.